The summed E-state index contributed by atoms with van der Waals surface area (Å²) in [6.07, 6.45) is 2.67. The summed E-state index contributed by atoms with van der Waals surface area (Å²) >= 11 is 0. The van der Waals surface area contributed by atoms with Gasteiger partial charge in [0.15, 0.2) is 0 Å². The number of hydrogen-bond acceptors (Lipinski definition) is 2. The highest BCUT2D eigenvalue weighted by molar-refractivity contribution is 4.71. The molecule has 0 atom stereocenters. The Morgan fingerprint density at radius 3 is 1.45 bits per heavy atom. The van der Waals surface area contributed by atoms with Crippen LogP contribution in [0.1, 0.15) is 26.7 Å². The molecule has 4 nitrogen and oxygen atoms in total. The van der Waals surface area contributed by atoms with E-state index in [-0.39, 0.29) is 0 Å². The van der Waals surface area contributed by atoms with Crippen LogP contribution in [0.2, 0.25) is 0 Å². The average molecular weight is 315 g/mol. The van der Waals surface area contributed by atoms with Gasteiger partial charge in [-0.1, -0.05) is 0 Å². The first-order valence-electron chi connectivity index (χ1n) is 9.37. The van der Waals surface area contributed by atoms with Gasteiger partial charge in [-0.05, 0) is 13.8 Å². The lowest BCUT2D eigenvalue weighted by Gasteiger charge is -2.36. The normalized spacial score (nSPS) is 18.8. The van der Waals surface area contributed by atoms with E-state index in [0.29, 0.717) is 0 Å². The lowest BCUT2D eigenvalue weighted by Crippen LogP contribution is -2.49. The van der Waals surface area contributed by atoms with Crippen molar-refractivity contribution in [1.29, 1.82) is 0 Å². The molecule has 0 unspecified atom stereocenters. The average Bonchev–Trinajstić information content (AvgIpc) is 2.47. The summed E-state index contributed by atoms with van der Waals surface area (Å²) in [6, 6.07) is 0. The number of rotatable bonds is 10. The van der Waals surface area contributed by atoms with Gasteiger partial charge >= 0.3 is 0 Å². The molecule has 1 aliphatic heterocycles. The molecule has 1 saturated heterocycles. The maximum Gasteiger partial charge on any atom is 0.0796 e. The number of quaternary nitrogens is 2. The zero-order valence-electron chi connectivity index (χ0n) is 16.3. The molecule has 0 spiro atoms. The first-order chi connectivity index (χ1) is 10.3. The molecule has 0 aromatic heterocycles. The van der Waals surface area contributed by atoms with Gasteiger partial charge in [0.25, 0.3) is 0 Å². The number of nitrogens with zero attached hydrogens (tertiary/aromatic N) is 4. The second kappa shape index (κ2) is 9.21. The minimum Gasteiger partial charge on any atom is -0.331 e. The van der Waals surface area contributed by atoms with E-state index in [4.69, 9.17) is 0 Å². The van der Waals surface area contributed by atoms with E-state index in [1.54, 1.807) is 0 Å². The zero-order chi connectivity index (χ0) is 16.6. The molecule has 0 aliphatic carbocycles. The minimum absolute atomic E-state index is 1.09. The smallest absolute Gasteiger partial charge is 0.0796 e. The molecule has 1 rings (SSSR count). The van der Waals surface area contributed by atoms with Gasteiger partial charge in [0.05, 0.1) is 54.4 Å². The Kier molecular flexibility index (Phi) is 8.33. The van der Waals surface area contributed by atoms with E-state index < -0.39 is 0 Å². The van der Waals surface area contributed by atoms with Crippen LogP contribution in [0.5, 0.6) is 0 Å². The Bertz CT molecular complexity index is 286. The van der Waals surface area contributed by atoms with E-state index >= 15 is 0 Å². The van der Waals surface area contributed by atoms with Crippen molar-refractivity contribution < 1.29 is 8.97 Å². The van der Waals surface area contributed by atoms with Crippen molar-refractivity contribution >= 4 is 0 Å². The van der Waals surface area contributed by atoms with E-state index in [0.717, 1.165) is 4.48 Å². The summed E-state index contributed by atoms with van der Waals surface area (Å²) in [5, 5.41) is 0. The maximum atomic E-state index is 2.67. The predicted octanol–water partition coefficient (Wildman–Crippen LogP) is 1.58. The van der Waals surface area contributed by atoms with Crippen LogP contribution in [-0.2, 0) is 0 Å². The molecule has 1 aliphatic rings. The summed E-state index contributed by atoms with van der Waals surface area (Å²) in [5.74, 6) is 0. The topological polar surface area (TPSA) is 6.48 Å². The number of piperazine rings is 1. The van der Waals surface area contributed by atoms with Crippen molar-refractivity contribution in [2.24, 2.45) is 0 Å². The largest absolute Gasteiger partial charge is 0.331 e. The Hall–Kier alpha value is -0.160. The third kappa shape index (κ3) is 7.91. The van der Waals surface area contributed by atoms with Crippen LogP contribution in [0.25, 0.3) is 0 Å². The summed E-state index contributed by atoms with van der Waals surface area (Å²) in [4.78, 5) is 5.33. The van der Waals surface area contributed by atoms with Gasteiger partial charge < -0.3 is 18.8 Å². The number of hydrogen-bond donors (Lipinski definition) is 0. The molecule has 0 bridgehead atoms. The quantitative estimate of drug-likeness (QED) is 0.565. The monoisotopic (exact) mass is 314 g/mol. The SMILES string of the molecule is CC[N+](C)(CC)CCCN1CCN(CCC[N+](C)(C)C)CC1. The molecule has 22 heavy (non-hydrogen) atoms. The minimum atomic E-state index is 1.09. The van der Waals surface area contributed by atoms with E-state index in [1.165, 1.54) is 82.8 Å². The van der Waals surface area contributed by atoms with Crippen LogP contribution in [-0.4, -0.2) is 112 Å². The third-order valence-corrected chi connectivity index (χ3v) is 5.47. The van der Waals surface area contributed by atoms with Crippen molar-refractivity contribution in [1.82, 2.24) is 9.80 Å². The highest BCUT2D eigenvalue weighted by atomic mass is 15.3. The molecule has 0 aromatic rings. The molecular weight excluding hydrogens is 272 g/mol. The maximum absolute atomic E-state index is 2.67. The van der Waals surface area contributed by atoms with Crippen LogP contribution in [0, 0.1) is 0 Å². The summed E-state index contributed by atoms with van der Waals surface area (Å²) in [7, 11) is 9.26. The second-order valence-corrected chi connectivity index (χ2v) is 8.38. The van der Waals surface area contributed by atoms with Gasteiger partial charge in [-0.3, -0.25) is 0 Å². The molecule has 0 amide bonds. The molecule has 0 radical (unpaired) electrons. The van der Waals surface area contributed by atoms with Crippen LogP contribution >= 0.6 is 0 Å². The summed E-state index contributed by atoms with van der Waals surface area (Å²) in [6.45, 7) is 17.4. The van der Waals surface area contributed by atoms with E-state index in [1.807, 2.05) is 0 Å². The van der Waals surface area contributed by atoms with Crippen LogP contribution < -0.4 is 0 Å². The molecule has 132 valence electrons. The molecule has 0 N–H and O–H groups in total. The van der Waals surface area contributed by atoms with Gasteiger partial charge in [-0.15, -0.1) is 0 Å². The fraction of sp³-hybridized carbons (Fsp3) is 1.00. The fourth-order valence-electron chi connectivity index (χ4n) is 3.22. The molecule has 4 heteroatoms. The van der Waals surface area contributed by atoms with Gasteiger partial charge in [-0.2, -0.15) is 0 Å². The second-order valence-electron chi connectivity index (χ2n) is 8.38. The Morgan fingerprint density at radius 2 is 1.09 bits per heavy atom. The summed E-state index contributed by atoms with van der Waals surface area (Å²) in [5.41, 5.74) is 0. The fourth-order valence-corrected chi connectivity index (χ4v) is 3.22. The first kappa shape index (κ1) is 19.9. The first-order valence-corrected chi connectivity index (χ1v) is 9.37. The Morgan fingerprint density at radius 1 is 0.682 bits per heavy atom. The van der Waals surface area contributed by atoms with Crippen molar-refractivity contribution in [3.63, 3.8) is 0 Å². The zero-order valence-corrected chi connectivity index (χ0v) is 16.3. The van der Waals surface area contributed by atoms with Crippen LogP contribution in [0.3, 0.4) is 0 Å². The third-order valence-electron chi connectivity index (χ3n) is 5.47. The molecule has 0 saturated carbocycles. The van der Waals surface area contributed by atoms with Crippen molar-refractivity contribution in [3.05, 3.63) is 0 Å². The molecule has 1 fully saturated rings. The lowest BCUT2D eigenvalue weighted by atomic mass is 10.2. The van der Waals surface area contributed by atoms with Gasteiger partial charge in [0.2, 0.25) is 0 Å². The van der Waals surface area contributed by atoms with E-state index in [9.17, 15) is 0 Å². The van der Waals surface area contributed by atoms with Crippen molar-refractivity contribution in [2.75, 3.05) is 93.6 Å². The van der Waals surface area contributed by atoms with Gasteiger partial charge in [0.1, 0.15) is 0 Å². The van der Waals surface area contributed by atoms with Gasteiger partial charge in [-0.25, -0.2) is 0 Å². The standard InChI is InChI=1S/C18H42N4/c1-7-22(6,8-2)18-10-12-20-15-13-19(14-16-20)11-9-17-21(3,4)5/h7-18H2,1-6H3/q+2. The van der Waals surface area contributed by atoms with Gasteiger partial charge in [0, 0.05) is 52.1 Å². The highest BCUT2D eigenvalue weighted by Gasteiger charge is 2.19. The molecular formula is C18H42N4+2. The van der Waals surface area contributed by atoms with E-state index in [2.05, 4.69) is 51.8 Å². The van der Waals surface area contributed by atoms with Crippen molar-refractivity contribution in [3.8, 4) is 0 Å². The summed E-state index contributed by atoms with van der Waals surface area (Å²) < 4.78 is 2.32. The molecule has 0 aromatic carbocycles. The lowest BCUT2D eigenvalue weighted by molar-refractivity contribution is -0.906. The van der Waals surface area contributed by atoms with Crippen LogP contribution in [0.4, 0.5) is 0 Å². The Labute approximate surface area is 139 Å². The van der Waals surface area contributed by atoms with Crippen LogP contribution in [0.15, 0.2) is 0 Å². The predicted molar refractivity (Wildman–Crippen MR) is 97.1 cm³/mol. The molecule has 1 heterocycles. The Balaban J connectivity index is 2.12. The van der Waals surface area contributed by atoms with Crippen molar-refractivity contribution in [2.45, 2.75) is 26.7 Å². The highest BCUT2D eigenvalue weighted by Crippen LogP contribution is 2.07.